The molecule has 0 fully saturated rings. The van der Waals surface area contributed by atoms with E-state index in [9.17, 15) is 0 Å². The number of guanidine groups is 1. The smallest absolute Gasteiger partial charge is 0.191 e. The number of halogens is 1. The summed E-state index contributed by atoms with van der Waals surface area (Å²) in [6.07, 6.45) is 3.53. The second kappa shape index (κ2) is 13.7. The van der Waals surface area contributed by atoms with Crippen LogP contribution in [-0.4, -0.2) is 32.2 Å². The van der Waals surface area contributed by atoms with Crippen molar-refractivity contribution >= 4 is 29.9 Å². The third kappa shape index (κ3) is 9.50. The van der Waals surface area contributed by atoms with E-state index in [1.807, 2.05) is 18.2 Å². The summed E-state index contributed by atoms with van der Waals surface area (Å²) in [4.78, 5) is 4.57. The van der Waals surface area contributed by atoms with Crippen LogP contribution in [0.5, 0.6) is 0 Å². The Kier molecular flexibility index (Phi) is 11.8. The number of hydrogen-bond acceptors (Lipinski definition) is 3. The average molecular weight is 457 g/mol. The standard InChI is InChI=1S/C19H27N3O2.HI/c1-2-20-19(22-13-11-17-8-4-3-5-9-17)21-12-7-14-23-16-18-10-6-15-24-18;/h3-6,8-10,15H,2,7,11-14,16H2,1H3,(H2,20,21,22);1H. The van der Waals surface area contributed by atoms with E-state index < -0.39 is 0 Å². The van der Waals surface area contributed by atoms with Crippen LogP contribution in [0.1, 0.15) is 24.7 Å². The average Bonchev–Trinajstić information content (AvgIpc) is 3.12. The van der Waals surface area contributed by atoms with Gasteiger partial charge in [0.2, 0.25) is 0 Å². The summed E-state index contributed by atoms with van der Waals surface area (Å²) >= 11 is 0. The van der Waals surface area contributed by atoms with Crippen LogP contribution in [0.15, 0.2) is 58.1 Å². The number of furan rings is 1. The number of benzene rings is 1. The number of aliphatic imine (C=N–C) groups is 1. The molecule has 2 N–H and O–H groups in total. The Morgan fingerprint density at radius 2 is 1.96 bits per heavy atom. The summed E-state index contributed by atoms with van der Waals surface area (Å²) in [5, 5.41) is 6.63. The van der Waals surface area contributed by atoms with Gasteiger partial charge in [0, 0.05) is 26.2 Å². The number of nitrogens with zero attached hydrogens (tertiary/aromatic N) is 1. The number of hydrogen-bond donors (Lipinski definition) is 2. The van der Waals surface area contributed by atoms with Crippen molar-refractivity contribution in [1.82, 2.24) is 10.6 Å². The van der Waals surface area contributed by atoms with E-state index in [0.717, 1.165) is 44.2 Å². The van der Waals surface area contributed by atoms with Gasteiger partial charge in [-0.2, -0.15) is 0 Å². The first-order valence-corrected chi connectivity index (χ1v) is 8.54. The van der Waals surface area contributed by atoms with E-state index in [4.69, 9.17) is 9.15 Å². The van der Waals surface area contributed by atoms with E-state index in [1.54, 1.807) is 6.26 Å². The minimum absolute atomic E-state index is 0. The van der Waals surface area contributed by atoms with Gasteiger partial charge < -0.3 is 19.8 Å². The van der Waals surface area contributed by atoms with E-state index in [-0.39, 0.29) is 24.0 Å². The molecule has 2 aromatic rings. The summed E-state index contributed by atoms with van der Waals surface area (Å²) < 4.78 is 10.8. The van der Waals surface area contributed by atoms with Gasteiger partial charge in [0.1, 0.15) is 12.4 Å². The summed E-state index contributed by atoms with van der Waals surface area (Å²) in [6, 6.07) is 14.2. The van der Waals surface area contributed by atoms with Gasteiger partial charge in [-0.15, -0.1) is 24.0 Å². The molecule has 25 heavy (non-hydrogen) atoms. The van der Waals surface area contributed by atoms with Crippen LogP contribution in [0.3, 0.4) is 0 Å². The molecule has 6 heteroatoms. The second-order valence-corrected chi connectivity index (χ2v) is 5.41. The minimum Gasteiger partial charge on any atom is -0.467 e. The maximum absolute atomic E-state index is 5.55. The van der Waals surface area contributed by atoms with Crippen LogP contribution in [0.4, 0.5) is 0 Å². The molecule has 0 saturated carbocycles. The number of rotatable bonds is 10. The molecule has 0 saturated heterocycles. The highest BCUT2D eigenvalue weighted by Crippen LogP contribution is 2.02. The fraction of sp³-hybridized carbons (Fsp3) is 0.421. The summed E-state index contributed by atoms with van der Waals surface area (Å²) in [7, 11) is 0. The van der Waals surface area contributed by atoms with Crippen molar-refractivity contribution in [3.63, 3.8) is 0 Å². The maximum atomic E-state index is 5.55. The molecule has 1 aromatic heterocycles. The predicted molar refractivity (Wildman–Crippen MR) is 113 cm³/mol. The predicted octanol–water partition coefficient (Wildman–Crippen LogP) is 3.60. The monoisotopic (exact) mass is 457 g/mol. The van der Waals surface area contributed by atoms with Crippen molar-refractivity contribution in [3.8, 4) is 0 Å². The van der Waals surface area contributed by atoms with Gasteiger partial charge in [0.15, 0.2) is 5.96 Å². The van der Waals surface area contributed by atoms with Crippen molar-refractivity contribution in [2.24, 2.45) is 4.99 Å². The summed E-state index contributed by atoms with van der Waals surface area (Å²) in [6.45, 7) is 5.72. The molecule has 2 rings (SSSR count). The maximum Gasteiger partial charge on any atom is 0.191 e. The van der Waals surface area contributed by atoms with Crippen LogP contribution in [-0.2, 0) is 17.8 Å². The first-order chi connectivity index (χ1) is 11.9. The van der Waals surface area contributed by atoms with Crippen molar-refractivity contribution in [2.75, 3.05) is 26.2 Å². The SMILES string of the molecule is CCNC(=NCCCOCc1ccco1)NCCc1ccccc1.I. The quantitative estimate of drug-likeness (QED) is 0.248. The zero-order chi connectivity index (χ0) is 16.9. The minimum atomic E-state index is 0. The van der Waals surface area contributed by atoms with Gasteiger partial charge >= 0.3 is 0 Å². The Morgan fingerprint density at radius 1 is 1.12 bits per heavy atom. The Labute approximate surface area is 167 Å². The largest absolute Gasteiger partial charge is 0.467 e. The molecule has 1 heterocycles. The fourth-order valence-corrected chi connectivity index (χ4v) is 2.24. The van der Waals surface area contributed by atoms with Crippen LogP contribution < -0.4 is 10.6 Å². The third-order valence-corrected chi connectivity index (χ3v) is 3.43. The van der Waals surface area contributed by atoms with Gasteiger partial charge in [-0.3, -0.25) is 4.99 Å². The molecule has 0 aliphatic rings. The molecule has 0 aliphatic heterocycles. The van der Waals surface area contributed by atoms with Gasteiger partial charge in [0.05, 0.1) is 6.26 Å². The Hall–Kier alpha value is -1.54. The first kappa shape index (κ1) is 21.5. The summed E-state index contributed by atoms with van der Waals surface area (Å²) in [5.74, 6) is 1.72. The lowest BCUT2D eigenvalue weighted by molar-refractivity contribution is 0.105. The van der Waals surface area contributed by atoms with E-state index in [0.29, 0.717) is 13.2 Å². The van der Waals surface area contributed by atoms with Crippen LogP contribution in [0.25, 0.3) is 0 Å². The number of nitrogens with one attached hydrogen (secondary N) is 2. The molecule has 0 bridgehead atoms. The molecule has 0 atom stereocenters. The second-order valence-electron chi connectivity index (χ2n) is 5.41. The fourth-order valence-electron chi connectivity index (χ4n) is 2.24. The van der Waals surface area contributed by atoms with Crippen molar-refractivity contribution in [3.05, 3.63) is 60.1 Å². The molecular weight excluding hydrogens is 429 g/mol. The van der Waals surface area contributed by atoms with Crippen LogP contribution in [0, 0.1) is 0 Å². The van der Waals surface area contributed by atoms with Gasteiger partial charge in [-0.05, 0) is 37.5 Å². The molecule has 0 spiro atoms. The summed E-state index contributed by atoms with van der Waals surface area (Å²) in [5.41, 5.74) is 1.33. The highest BCUT2D eigenvalue weighted by molar-refractivity contribution is 14.0. The van der Waals surface area contributed by atoms with E-state index in [2.05, 4.69) is 46.8 Å². The van der Waals surface area contributed by atoms with Gasteiger partial charge in [0.25, 0.3) is 0 Å². The van der Waals surface area contributed by atoms with Gasteiger partial charge in [-0.1, -0.05) is 30.3 Å². The van der Waals surface area contributed by atoms with Crippen LogP contribution in [0.2, 0.25) is 0 Å². The van der Waals surface area contributed by atoms with Crippen molar-refractivity contribution in [2.45, 2.75) is 26.4 Å². The Morgan fingerprint density at radius 3 is 2.68 bits per heavy atom. The van der Waals surface area contributed by atoms with Crippen molar-refractivity contribution < 1.29 is 9.15 Å². The molecule has 0 radical (unpaired) electrons. The first-order valence-electron chi connectivity index (χ1n) is 8.54. The van der Waals surface area contributed by atoms with Crippen molar-refractivity contribution in [1.29, 1.82) is 0 Å². The molecule has 0 aliphatic carbocycles. The van der Waals surface area contributed by atoms with Gasteiger partial charge in [-0.25, -0.2) is 0 Å². The molecule has 0 unspecified atom stereocenters. The number of ether oxygens (including phenoxy) is 1. The molecule has 138 valence electrons. The Bertz CT molecular complexity index is 574. The van der Waals surface area contributed by atoms with E-state index >= 15 is 0 Å². The van der Waals surface area contributed by atoms with E-state index in [1.165, 1.54) is 5.56 Å². The lowest BCUT2D eigenvalue weighted by Crippen LogP contribution is -2.38. The van der Waals surface area contributed by atoms with Crippen LogP contribution >= 0.6 is 24.0 Å². The lowest BCUT2D eigenvalue weighted by Gasteiger charge is -2.11. The zero-order valence-corrected chi connectivity index (χ0v) is 17.1. The lowest BCUT2D eigenvalue weighted by atomic mass is 10.1. The third-order valence-electron chi connectivity index (χ3n) is 3.43. The normalized spacial score (nSPS) is 11.0. The molecule has 0 amide bonds. The molecular formula is C19H28IN3O2. The molecule has 5 nitrogen and oxygen atoms in total. The molecule has 1 aromatic carbocycles. The zero-order valence-electron chi connectivity index (χ0n) is 14.7. The highest BCUT2D eigenvalue weighted by atomic mass is 127. The topological polar surface area (TPSA) is 58.8 Å². The highest BCUT2D eigenvalue weighted by Gasteiger charge is 1.98. The Balaban J connectivity index is 0.00000312.